The number of primary amides is 1. The molecule has 30 heavy (non-hydrogen) atoms. The highest BCUT2D eigenvalue weighted by atomic mass is 32.1. The Morgan fingerprint density at radius 1 is 0.967 bits per heavy atom. The smallest absolute Gasteiger partial charge is 0.261 e. The molecule has 2 aromatic carbocycles. The summed E-state index contributed by atoms with van der Waals surface area (Å²) in [5.41, 5.74) is 7.44. The van der Waals surface area contributed by atoms with Crippen LogP contribution < -0.4 is 11.1 Å². The minimum Gasteiger partial charge on any atom is -0.394 e. The summed E-state index contributed by atoms with van der Waals surface area (Å²) in [4.78, 5) is 26.3. The second-order valence-electron chi connectivity index (χ2n) is 6.90. The third-order valence-electron chi connectivity index (χ3n) is 4.78. The Labute approximate surface area is 181 Å². The maximum absolute atomic E-state index is 12.7. The van der Waals surface area contributed by atoms with Gasteiger partial charge >= 0.3 is 0 Å². The van der Waals surface area contributed by atoms with E-state index in [0.29, 0.717) is 16.2 Å². The first kappa shape index (κ1) is 20.3. The zero-order valence-electron chi connectivity index (χ0n) is 16.0. The molecule has 0 aliphatic carbocycles. The van der Waals surface area contributed by atoms with Gasteiger partial charge in [0.2, 0.25) is 0 Å². The van der Waals surface area contributed by atoms with E-state index in [-0.39, 0.29) is 18.6 Å². The first-order chi connectivity index (χ1) is 14.5. The largest absolute Gasteiger partial charge is 0.394 e. The van der Waals surface area contributed by atoms with E-state index in [1.54, 1.807) is 12.1 Å². The number of aliphatic hydroxyl groups excluding tert-OH is 1. The van der Waals surface area contributed by atoms with E-state index in [1.807, 2.05) is 54.6 Å². The highest BCUT2D eigenvalue weighted by Crippen LogP contribution is 2.37. The standard InChI is InChI=1S/C23H20N2O3S2/c24-22(27)21-12-17-16(7-4-8-18(17)30-21)19-9-10-20(29-19)23(28)25-15(13-26)11-14-5-2-1-3-6-14/h1-10,12,15,26H,11,13H2,(H2,24,27)(H,25,28)/t15-/m0/s1. The second-order valence-corrected chi connectivity index (χ2v) is 9.07. The summed E-state index contributed by atoms with van der Waals surface area (Å²) < 4.78 is 0.976. The number of hydrogen-bond donors (Lipinski definition) is 3. The molecule has 0 spiro atoms. The zero-order valence-corrected chi connectivity index (χ0v) is 17.6. The van der Waals surface area contributed by atoms with Crippen molar-refractivity contribution < 1.29 is 14.7 Å². The van der Waals surface area contributed by atoms with Crippen LogP contribution in [0.15, 0.2) is 66.7 Å². The van der Waals surface area contributed by atoms with Crippen LogP contribution in [0.2, 0.25) is 0 Å². The molecular formula is C23H20N2O3S2. The van der Waals surface area contributed by atoms with Crippen molar-refractivity contribution in [2.24, 2.45) is 5.73 Å². The second kappa shape index (κ2) is 8.79. The Morgan fingerprint density at radius 3 is 2.50 bits per heavy atom. The van der Waals surface area contributed by atoms with E-state index in [1.165, 1.54) is 22.7 Å². The SMILES string of the molecule is NC(=O)c1cc2c(-c3ccc(C(=O)N[C@H](CO)Cc4ccccc4)s3)cccc2s1. The molecule has 4 N–H and O–H groups in total. The third-order valence-corrected chi connectivity index (χ3v) is 7.01. The Balaban J connectivity index is 1.54. The number of thiophene rings is 2. The summed E-state index contributed by atoms with van der Waals surface area (Å²) in [5, 5.41) is 13.5. The Kier molecular flexibility index (Phi) is 5.94. The lowest BCUT2D eigenvalue weighted by atomic mass is 10.1. The van der Waals surface area contributed by atoms with E-state index >= 15 is 0 Å². The van der Waals surface area contributed by atoms with E-state index in [2.05, 4.69) is 5.32 Å². The summed E-state index contributed by atoms with van der Waals surface area (Å²) >= 11 is 2.74. The number of benzene rings is 2. The molecule has 0 radical (unpaired) electrons. The molecule has 4 aromatic rings. The van der Waals surface area contributed by atoms with Gasteiger partial charge in [-0.1, -0.05) is 42.5 Å². The number of aliphatic hydroxyl groups is 1. The van der Waals surface area contributed by atoms with E-state index in [4.69, 9.17) is 5.73 Å². The molecule has 0 unspecified atom stereocenters. The first-order valence-corrected chi connectivity index (χ1v) is 11.1. The van der Waals surface area contributed by atoms with Crippen LogP contribution >= 0.6 is 22.7 Å². The van der Waals surface area contributed by atoms with Crippen molar-refractivity contribution in [1.29, 1.82) is 0 Å². The van der Waals surface area contributed by atoms with Gasteiger partial charge in [-0.3, -0.25) is 9.59 Å². The Morgan fingerprint density at radius 2 is 1.77 bits per heavy atom. The lowest BCUT2D eigenvalue weighted by molar-refractivity contribution is 0.0920. The van der Waals surface area contributed by atoms with Crippen LogP contribution in [0.25, 0.3) is 20.5 Å². The van der Waals surface area contributed by atoms with Crippen LogP contribution in [0.3, 0.4) is 0 Å². The Bertz CT molecular complexity index is 1200. The predicted molar refractivity (Wildman–Crippen MR) is 122 cm³/mol. The molecule has 2 amide bonds. The summed E-state index contributed by atoms with van der Waals surface area (Å²) in [6.45, 7) is -0.136. The van der Waals surface area contributed by atoms with Crippen molar-refractivity contribution in [2.45, 2.75) is 12.5 Å². The molecule has 0 aliphatic heterocycles. The molecule has 1 atom stereocenters. The molecule has 0 bridgehead atoms. The number of nitrogens with two attached hydrogens (primary N) is 1. The summed E-state index contributed by atoms with van der Waals surface area (Å²) in [6, 6.07) is 20.7. The number of amides is 2. The van der Waals surface area contributed by atoms with Crippen LogP contribution in [0.4, 0.5) is 0 Å². The number of fused-ring (bicyclic) bond motifs is 1. The van der Waals surface area contributed by atoms with Gasteiger partial charge in [-0.2, -0.15) is 0 Å². The van der Waals surface area contributed by atoms with Gasteiger partial charge in [0.15, 0.2) is 0 Å². The minimum absolute atomic E-state index is 0.136. The van der Waals surface area contributed by atoms with Gasteiger partial charge in [-0.05, 0) is 36.2 Å². The molecule has 5 nitrogen and oxygen atoms in total. The fraction of sp³-hybridized carbons (Fsp3) is 0.130. The first-order valence-electron chi connectivity index (χ1n) is 9.43. The minimum atomic E-state index is -0.443. The highest BCUT2D eigenvalue weighted by Gasteiger charge is 2.17. The predicted octanol–water partition coefficient (Wildman–Crippen LogP) is 4.06. The maximum Gasteiger partial charge on any atom is 0.261 e. The van der Waals surface area contributed by atoms with Gasteiger partial charge in [-0.15, -0.1) is 22.7 Å². The summed E-state index contributed by atoms with van der Waals surface area (Å²) in [7, 11) is 0. The van der Waals surface area contributed by atoms with E-state index < -0.39 is 5.91 Å². The number of rotatable bonds is 7. The number of nitrogens with one attached hydrogen (secondary N) is 1. The number of hydrogen-bond acceptors (Lipinski definition) is 5. The lowest BCUT2D eigenvalue weighted by Crippen LogP contribution is -2.38. The fourth-order valence-corrected chi connectivity index (χ4v) is 5.21. The van der Waals surface area contributed by atoms with Crippen LogP contribution in [-0.4, -0.2) is 29.6 Å². The summed E-state index contributed by atoms with van der Waals surface area (Å²) in [6.07, 6.45) is 0.561. The number of carbonyl (C=O) groups excluding carboxylic acids is 2. The van der Waals surface area contributed by atoms with Crippen LogP contribution in [0, 0.1) is 0 Å². The average molecular weight is 437 g/mol. The van der Waals surface area contributed by atoms with Crippen molar-refractivity contribution in [2.75, 3.05) is 6.61 Å². The fourth-order valence-electron chi connectivity index (χ4n) is 3.32. The average Bonchev–Trinajstić information content (AvgIpc) is 3.41. The number of carbonyl (C=O) groups is 2. The zero-order chi connectivity index (χ0) is 21.1. The normalized spacial score (nSPS) is 12.0. The molecule has 2 aromatic heterocycles. The molecule has 0 saturated carbocycles. The molecule has 4 rings (SSSR count). The Hall–Kier alpha value is -3.00. The van der Waals surface area contributed by atoms with Crippen molar-refractivity contribution in [1.82, 2.24) is 5.32 Å². The van der Waals surface area contributed by atoms with Gasteiger partial charge < -0.3 is 16.2 Å². The van der Waals surface area contributed by atoms with Gasteiger partial charge in [0, 0.05) is 20.5 Å². The topological polar surface area (TPSA) is 92.4 Å². The van der Waals surface area contributed by atoms with Crippen molar-refractivity contribution in [3.63, 3.8) is 0 Å². The monoisotopic (exact) mass is 436 g/mol. The van der Waals surface area contributed by atoms with E-state index in [9.17, 15) is 14.7 Å². The third kappa shape index (κ3) is 4.28. The lowest BCUT2D eigenvalue weighted by Gasteiger charge is -2.15. The maximum atomic E-state index is 12.7. The van der Waals surface area contributed by atoms with Crippen molar-refractivity contribution >= 4 is 44.6 Å². The molecule has 0 aliphatic rings. The molecule has 0 fully saturated rings. The van der Waals surface area contributed by atoms with Crippen molar-refractivity contribution in [3.05, 3.63) is 82.0 Å². The molecule has 152 valence electrons. The van der Waals surface area contributed by atoms with Crippen LogP contribution in [0.5, 0.6) is 0 Å². The highest BCUT2D eigenvalue weighted by molar-refractivity contribution is 7.21. The van der Waals surface area contributed by atoms with Gasteiger partial charge in [-0.25, -0.2) is 0 Å². The summed E-state index contributed by atoms with van der Waals surface area (Å²) in [5.74, 6) is -0.654. The van der Waals surface area contributed by atoms with Gasteiger partial charge in [0.1, 0.15) is 0 Å². The van der Waals surface area contributed by atoms with E-state index in [0.717, 1.165) is 26.1 Å². The quantitative estimate of drug-likeness (QED) is 0.408. The van der Waals surface area contributed by atoms with Crippen LogP contribution in [0.1, 0.15) is 24.9 Å². The molecular weight excluding hydrogens is 416 g/mol. The molecule has 0 saturated heterocycles. The van der Waals surface area contributed by atoms with Crippen LogP contribution in [-0.2, 0) is 6.42 Å². The van der Waals surface area contributed by atoms with Crippen molar-refractivity contribution in [3.8, 4) is 10.4 Å². The molecule has 2 heterocycles. The molecule has 7 heteroatoms. The van der Waals surface area contributed by atoms with Gasteiger partial charge in [0.25, 0.3) is 11.8 Å². The van der Waals surface area contributed by atoms with Gasteiger partial charge in [0.05, 0.1) is 22.4 Å².